The molecule has 3 aromatic rings. The van der Waals surface area contributed by atoms with Crippen LogP contribution in [0.15, 0.2) is 47.5 Å². The molecule has 0 amide bonds. The average molecular weight is 466 g/mol. The number of hydrogen-bond acceptors (Lipinski definition) is 5. The van der Waals surface area contributed by atoms with Crippen molar-refractivity contribution in [3.8, 4) is 11.1 Å². The van der Waals surface area contributed by atoms with Crippen LogP contribution in [0.1, 0.15) is 13.3 Å². The van der Waals surface area contributed by atoms with Crippen LogP contribution in [0.2, 0.25) is 10.0 Å². The fourth-order valence-corrected chi connectivity index (χ4v) is 4.74. The lowest BCUT2D eigenvalue weighted by Gasteiger charge is -2.36. The Balaban J connectivity index is 0.000000589. The minimum atomic E-state index is 0.654. The van der Waals surface area contributed by atoms with E-state index >= 15 is 0 Å². The van der Waals surface area contributed by atoms with Gasteiger partial charge < -0.3 is 9.88 Å². The van der Waals surface area contributed by atoms with E-state index in [0.29, 0.717) is 10.0 Å². The summed E-state index contributed by atoms with van der Waals surface area (Å²) in [4.78, 5) is 6.82. The molecule has 1 aromatic heterocycles. The first-order valence-corrected chi connectivity index (χ1v) is 11.7. The van der Waals surface area contributed by atoms with Crippen LogP contribution in [-0.2, 0) is 0 Å². The van der Waals surface area contributed by atoms with Gasteiger partial charge in [0.05, 0.1) is 15.6 Å². The Hall–Kier alpha value is -1.25. The summed E-state index contributed by atoms with van der Waals surface area (Å²) in [6, 6.07) is 12.5. The quantitative estimate of drug-likeness (QED) is 0.168. The van der Waals surface area contributed by atoms with Crippen LogP contribution in [0.4, 0.5) is 0 Å². The molecule has 5 nitrogen and oxygen atoms in total. The van der Waals surface area contributed by atoms with E-state index in [-0.39, 0.29) is 0 Å². The van der Waals surface area contributed by atoms with E-state index in [1.165, 1.54) is 24.4 Å². The largest absolute Gasteiger partial charge is 0.359 e. The number of H-pyrrole nitrogens is 1. The van der Waals surface area contributed by atoms with Gasteiger partial charge in [-0.25, -0.2) is 0 Å². The van der Waals surface area contributed by atoms with E-state index in [9.17, 15) is 0 Å². The molecule has 1 fully saturated rings. The molecule has 1 aliphatic heterocycles. The van der Waals surface area contributed by atoms with Gasteiger partial charge in [-0.15, -0.1) is 0 Å². The SMILES string of the molecule is CCNN.CN1CC(CCNSc2ccc(-c3ccc(Cl)c4c(Cl)c[nH]c34)cc2)C1. The minimum absolute atomic E-state index is 0.654. The molecule has 8 heteroatoms. The standard InChI is InChI=1S/C20H21Cl2N3S.C2H8N2/c1-25-11-13(12-25)8-9-24-26-15-4-2-14(3-5-15)16-6-7-17(21)19-18(22)10-23-20(16)19;1-2-4-3/h2-7,10,13,23-24H,8-9,11-12H2,1H3;4H,2-3H2,1H3. The van der Waals surface area contributed by atoms with Crippen molar-refractivity contribution < 1.29 is 0 Å². The zero-order chi connectivity index (χ0) is 21.5. The van der Waals surface area contributed by atoms with E-state index in [1.54, 1.807) is 18.1 Å². The molecular weight excluding hydrogens is 437 g/mol. The van der Waals surface area contributed by atoms with Crippen molar-refractivity contribution in [3.63, 3.8) is 0 Å². The summed E-state index contributed by atoms with van der Waals surface area (Å²) in [5, 5.41) is 2.21. The van der Waals surface area contributed by atoms with Crippen LogP contribution in [0.3, 0.4) is 0 Å². The van der Waals surface area contributed by atoms with E-state index in [4.69, 9.17) is 29.0 Å². The fourth-order valence-electron chi connectivity index (χ4n) is 3.52. The van der Waals surface area contributed by atoms with Gasteiger partial charge in [0.1, 0.15) is 0 Å². The summed E-state index contributed by atoms with van der Waals surface area (Å²) >= 11 is 14.2. The zero-order valence-corrected chi connectivity index (χ0v) is 19.7. The molecule has 2 heterocycles. The maximum Gasteiger partial charge on any atom is 0.0674 e. The van der Waals surface area contributed by atoms with Crippen LogP contribution >= 0.6 is 35.1 Å². The third-order valence-corrected chi connectivity index (χ3v) is 6.56. The van der Waals surface area contributed by atoms with Gasteiger partial charge in [0, 0.05) is 48.2 Å². The van der Waals surface area contributed by atoms with E-state index in [1.807, 2.05) is 19.1 Å². The number of nitrogens with zero attached hydrogens (tertiary/aromatic N) is 1. The lowest BCUT2D eigenvalue weighted by atomic mass is 9.98. The van der Waals surface area contributed by atoms with Crippen LogP contribution in [0, 0.1) is 5.92 Å². The minimum Gasteiger partial charge on any atom is -0.359 e. The Morgan fingerprint density at radius 1 is 1.13 bits per heavy atom. The second-order valence-corrected chi connectivity index (χ2v) is 9.21. The maximum absolute atomic E-state index is 6.29. The Kier molecular flexibility index (Phi) is 8.89. The summed E-state index contributed by atoms with van der Waals surface area (Å²) in [5.74, 6) is 5.63. The molecule has 2 aromatic carbocycles. The molecule has 0 aliphatic carbocycles. The first-order valence-electron chi connectivity index (χ1n) is 10.1. The molecule has 162 valence electrons. The Morgan fingerprint density at radius 2 is 1.83 bits per heavy atom. The average Bonchev–Trinajstić information content (AvgIpc) is 3.13. The summed E-state index contributed by atoms with van der Waals surface area (Å²) in [7, 11) is 2.18. The number of aromatic nitrogens is 1. The highest BCUT2D eigenvalue weighted by Crippen LogP contribution is 2.37. The molecule has 4 rings (SSSR count). The monoisotopic (exact) mass is 465 g/mol. The number of benzene rings is 2. The van der Waals surface area contributed by atoms with Gasteiger partial charge in [-0.3, -0.25) is 16.0 Å². The molecule has 0 unspecified atom stereocenters. The summed E-state index contributed by atoms with van der Waals surface area (Å²) in [6.07, 6.45) is 3.03. The van der Waals surface area contributed by atoms with Crippen LogP contribution in [-0.4, -0.2) is 43.1 Å². The number of fused-ring (bicyclic) bond motifs is 1. The molecule has 1 saturated heterocycles. The zero-order valence-electron chi connectivity index (χ0n) is 17.3. The van der Waals surface area contributed by atoms with Gasteiger partial charge >= 0.3 is 0 Å². The molecule has 0 spiro atoms. The molecule has 0 saturated carbocycles. The van der Waals surface area contributed by atoms with Gasteiger partial charge in [0.15, 0.2) is 0 Å². The van der Waals surface area contributed by atoms with Crippen molar-refractivity contribution >= 4 is 46.1 Å². The van der Waals surface area contributed by atoms with Crippen molar-refractivity contribution in [1.82, 2.24) is 20.0 Å². The van der Waals surface area contributed by atoms with E-state index in [2.05, 4.69) is 51.3 Å². The fraction of sp³-hybridized carbons (Fsp3) is 0.364. The predicted molar refractivity (Wildman–Crippen MR) is 131 cm³/mol. The predicted octanol–water partition coefficient (Wildman–Crippen LogP) is 5.16. The van der Waals surface area contributed by atoms with Gasteiger partial charge in [0.2, 0.25) is 0 Å². The summed E-state index contributed by atoms with van der Waals surface area (Å²) < 4.78 is 3.47. The molecule has 0 radical (unpaired) electrons. The van der Waals surface area contributed by atoms with Crippen LogP contribution in [0.25, 0.3) is 22.0 Å². The first-order chi connectivity index (χ1) is 14.5. The number of likely N-dealkylation sites (tertiary alicyclic amines) is 1. The van der Waals surface area contributed by atoms with Crippen LogP contribution < -0.4 is 16.0 Å². The maximum atomic E-state index is 6.29. The van der Waals surface area contributed by atoms with Gasteiger partial charge in [-0.2, -0.15) is 0 Å². The Morgan fingerprint density at radius 3 is 2.47 bits per heavy atom. The highest BCUT2D eigenvalue weighted by atomic mass is 35.5. The van der Waals surface area contributed by atoms with Crippen molar-refractivity contribution in [2.45, 2.75) is 18.2 Å². The lowest BCUT2D eigenvalue weighted by molar-refractivity contribution is 0.128. The van der Waals surface area contributed by atoms with Gasteiger partial charge in [-0.1, -0.05) is 48.3 Å². The molecule has 1 aliphatic rings. The van der Waals surface area contributed by atoms with Crippen molar-refractivity contribution in [2.75, 3.05) is 33.2 Å². The van der Waals surface area contributed by atoms with Crippen molar-refractivity contribution in [1.29, 1.82) is 0 Å². The smallest absolute Gasteiger partial charge is 0.0674 e. The molecule has 0 atom stereocenters. The number of nitrogens with two attached hydrogens (primary N) is 1. The number of hydrogen-bond donors (Lipinski definition) is 4. The Bertz CT molecular complexity index is 937. The second kappa shape index (κ2) is 11.4. The van der Waals surface area contributed by atoms with Gasteiger partial charge in [0.25, 0.3) is 0 Å². The molecular formula is C22H29Cl2N5S. The molecule has 30 heavy (non-hydrogen) atoms. The number of aromatic amines is 1. The summed E-state index contributed by atoms with van der Waals surface area (Å²) in [6.45, 7) is 6.31. The molecule has 0 bridgehead atoms. The number of rotatable bonds is 7. The number of halogens is 2. The lowest BCUT2D eigenvalue weighted by Crippen LogP contribution is -2.44. The number of hydrazine groups is 1. The van der Waals surface area contributed by atoms with E-state index in [0.717, 1.165) is 41.0 Å². The van der Waals surface area contributed by atoms with Crippen LogP contribution in [0.5, 0.6) is 0 Å². The van der Waals surface area contributed by atoms with E-state index < -0.39 is 0 Å². The third-order valence-electron chi connectivity index (χ3n) is 5.09. The summed E-state index contributed by atoms with van der Waals surface area (Å²) in [5.41, 5.74) is 5.66. The molecule has 5 N–H and O–H groups in total. The second-order valence-electron chi connectivity index (χ2n) is 7.44. The van der Waals surface area contributed by atoms with Gasteiger partial charge in [-0.05, 0) is 55.1 Å². The third kappa shape index (κ3) is 5.92. The normalized spacial score (nSPS) is 14.4. The van der Waals surface area contributed by atoms with Crippen molar-refractivity contribution in [3.05, 3.63) is 52.6 Å². The van der Waals surface area contributed by atoms with Crippen molar-refractivity contribution in [2.24, 2.45) is 11.8 Å². The number of nitrogens with one attached hydrogen (secondary N) is 3. The highest BCUT2D eigenvalue weighted by molar-refractivity contribution is 7.97. The first kappa shape index (κ1) is 23.4. The Labute approximate surface area is 192 Å². The topological polar surface area (TPSA) is 69.1 Å². The highest BCUT2D eigenvalue weighted by Gasteiger charge is 2.22.